The first-order valence-corrected chi connectivity index (χ1v) is 25.2. The Morgan fingerprint density at radius 3 is 1.70 bits per heavy atom. The van der Waals surface area contributed by atoms with Crippen LogP contribution in [-0.4, -0.2) is 15.9 Å². The van der Waals surface area contributed by atoms with Gasteiger partial charge in [0.15, 0.2) is 0 Å². The lowest BCUT2D eigenvalue weighted by molar-refractivity contribution is 0.552. The smallest absolute Gasteiger partial charge is 0.337 e. The van der Waals surface area contributed by atoms with Crippen LogP contribution in [0.25, 0.3) is 71.4 Å². The third kappa shape index (κ3) is 6.34. The molecule has 0 saturated heterocycles. The summed E-state index contributed by atoms with van der Waals surface area (Å²) in [5.74, 6) is 0.908. The Morgan fingerprint density at radius 1 is 0.435 bits per heavy atom. The van der Waals surface area contributed by atoms with Crippen LogP contribution in [0, 0.1) is 0 Å². The first kappa shape index (κ1) is 43.8. The number of para-hydroxylation sites is 2. The molecule has 0 unspecified atom stereocenters. The fourth-order valence-electron chi connectivity index (χ4n) is 11.8. The highest BCUT2D eigenvalue weighted by Gasteiger charge is 2.48. The molecule has 4 nitrogen and oxygen atoms in total. The van der Waals surface area contributed by atoms with Gasteiger partial charge in [0.2, 0.25) is 5.88 Å². The highest BCUT2D eigenvalue weighted by molar-refractivity contribution is 6.91. The largest absolute Gasteiger partial charge is 0.440 e. The van der Waals surface area contributed by atoms with Crippen molar-refractivity contribution in [3.05, 3.63) is 155 Å². The summed E-state index contributed by atoms with van der Waals surface area (Å²) < 4.78 is 12.9. The molecule has 2 aliphatic heterocycles. The van der Waals surface area contributed by atoms with Gasteiger partial charge in [0.25, 0.3) is 0 Å². The second-order valence-corrected chi connectivity index (χ2v) is 25.5. The number of anilines is 3. The standard InChI is InChI=1S/C64H66BN3O/c1-60(2,3)37-25-28-42(29-26-37)67-52-35-40(63(10,11)12)32-46-54-53-43-23-19-20-24-49(43)66(41-21-17-16-18-22-41)51(53)36-45-44-31-38(61(4,5)6)27-30-50(44)68(57(45)54)65(55(46)52)56-47-33-39(62(7,8)9)34-48(64(13,14)15)58(47)69-59(56)67/h16-36H,1-15H3. The number of hydrogen-bond donors (Lipinski definition) is 0. The molecule has 7 aromatic carbocycles. The fraction of sp³-hybridized carbons (Fsp3) is 0.312. The van der Waals surface area contributed by atoms with Gasteiger partial charge in [-0.3, -0.25) is 4.90 Å². The molecule has 5 heteroatoms. The number of hydrogen-bond acceptors (Lipinski definition) is 2. The van der Waals surface area contributed by atoms with Gasteiger partial charge in [0, 0.05) is 71.6 Å². The van der Waals surface area contributed by atoms with Crippen LogP contribution in [0.4, 0.5) is 17.3 Å². The minimum absolute atomic E-state index is 0.00798. The zero-order valence-corrected chi connectivity index (χ0v) is 43.5. The normalized spacial score (nSPS) is 14.2. The Hall–Kier alpha value is -6.46. The lowest BCUT2D eigenvalue weighted by Crippen LogP contribution is -2.56. The van der Waals surface area contributed by atoms with Crippen LogP contribution in [0.5, 0.6) is 0 Å². The van der Waals surface area contributed by atoms with Gasteiger partial charge >= 0.3 is 6.85 Å². The van der Waals surface area contributed by atoms with Gasteiger partial charge in [-0.25, -0.2) is 0 Å². The topological polar surface area (TPSA) is 26.2 Å². The maximum atomic E-state index is 7.68. The van der Waals surface area contributed by atoms with Crippen LogP contribution >= 0.6 is 0 Å². The predicted octanol–water partition coefficient (Wildman–Crippen LogP) is 16.5. The summed E-state index contributed by atoms with van der Waals surface area (Å²) in [5, 5.41) is 6.33. The summed E-state index contributed by atoms with van der Waals surface area (Å²) in [4.78, 5) is 2.49. The molecule has 0 atom stereocenters. The van der Waals surface area contributed by atoms with E-state index in [1.165, 1.54) is 105 Å². The van der Waals surface area contributed by atoms with Crippen molar-refractivity contribution in [2.24, 2.45) is 0 Å². The summed E-state index contributed by atoms with van der Waals surface area (Å²) >= 11 is 0. The number of rotatable bonds is 2. The Kier molecular flexibility index (Phi) is 8.94. The predicted molar refractivity (Wildman–Crippen MR) is 298 cm³/mol. The van der Waals surface area contributed by atoms with Crippen molar-refractivity contribution in [2.45, 2.75) is 131 Å². The summed E-state index contributed by atoms with van der Waals surface area (Å²) in [7, 11) is 0. The molecule has 3 aromatic heterocycles. The third-order valence-electron chi connectivity index (χ3n) is 15.6. The number of aromatic nitrogens is 2. The highest BCUT2D eigenvalue weighted by Crippen LogP contribution is 2.53. The summed E-state index contributed by atoms with van der Waals surface area (Å²) in [5.41, 5.74) is 20.6. The van der Waals surface area contributed by atoms with E-state index in [1.807, 2.05) is 0 Å². The Morgan fingerprint density at radius 2 is 1.04 bits per heavy atom. The van der Waals surface area contributed by atoms with E-state index in [-0.39, 0.29) is 33.9 Å². The van der Waals surface area contributed by atoms with E-state index in [4.69, 9.17) is 4.42 Å². The molecule has 69 heavy (non-hydrogen) atoms. The van der Waals surface area contributed by atoms with Crippen molar-refractivity contribution in [3.63, 3.8) is 0 Å². The molecular formula is C64H66BN3O. The highest BCUT2D eigenvalue weighted by atomic mass is 16.4. The Balaban J connectivity index is 1.35. The average molecular weight is 904 g/mol. The van der Waals surface area contributed by atoms with E-state index in [2.05, 4.69) is 245 Å². The zero-order valence-electron chi connectivity index (χ0n) is 43.5. The van der Waals surface area contributed by atoms with Gasteiger partial charge in [0.1, 0.15) is 5.58 Å². The van der Waals surface area contributed by atoms with Crippen LogP contribution in [0.2, 0.25) is 0 Å². The molecule has 0 fully saturated rings. The third-order valence-corrected chi connectivity index (χ3v) is 15.6. The van der Waals surface area contributed by atoms with Crippen molar-refractivity contribution < 1.29 is 4.42 Å². The van der Waals surface area contributed by atoms with Crippen molar-refractivity contribution in [1.29, 1.82) is 0 Å². The number of benzene rings is 7. The van der Waals surface area contributed by atoms with E-state index in [0.717, 1.165) is 22.8 Å². The van der Waals surface area contributed by atoms with Crippen LogP contribution in [0.1, 0.15) is 132 Å². The number of furan rings is 1. The van der Waals surface area contributed by atoms with Gasteiger partial charge in [-0.2, -0.15) is 0 Å². The van der Waals surface area contributed by atoms with Crippen molar-refractivity contribution in [1.82, 2.24) is 9.05 Å². The van der Waals surface area contributed by atoms with E-state index < -0.39 is 0 Å². The number of nitrogens with zero attached hydrogens (tertiary/aromatic N) is 3. The lowest BCUT2D eigenvalue weighted by atomic mass is 9.45. The molecule has 12 rings (SSSR count). The molecule has 0 radical (unpaired) electrons. The first-order valence-electron chi connectivity index (χ1n) is 25.2. The Labute approximate surface area is 409 Å². The maximum Gasteiger partial charge on any atom is 0.337 e. The van der Waals surface area contributed by atoms with Gasteiger partial charge in [-0.05, 0) is 121 Å². The summed E-state index contributed by atoms with van der Waals surface area (Å²) in [6.45, 7) is 34.9. The maximum absolute atomic E-state index is 7.68. The first-order chi connectivity index (χ1) is 32.4. The number of fused-ring (bicyclic) bond motifs is 13. The van der Waals surface area contributed by atoms with E-state index in [9.17, 15) is 0 Å². The molecular weight excluding hydrogens is 838 g/mol. The molecule has 0 amide bonds. The quantitative estimate of drug-likeness (QED) is 0.162. The second-order valence-electron chi connectivity index (χ2n) is 25.5. The van der Waals surface area contributed by atoms with Crippen LogP contribution in [0.15, 0.2) is 132 Å². The van der Waals surface area contributed by atoms with Gasteiger partial charge < -0.3 is 13.5 Å². The van der Waals surface area contributed by atoms with Gasteiger partial charge in [-0.15, -0.1) is 0 Å². The van der Waals surface area contributed by atoms with Crippen LogP contribution < -0.4 is 15.8 Å². The summed E-state index contributed by atoms with van der Waals surface area (Å²) in [6.07, 6.45) is 0. The summed E-state index contributed by atoms with van der Waals surface area (Å²) in [6, 6.07) is 49.2. The van der Waals surface area contributed by atoms with E-state index in [1.54, 1.807) is 0 Å². The zero-order chi connectivity index (χ0) is 48.6. The van der Waals surface area contributed by atoms with Crippen molar-refractivity contribution >= 4 is 89.6 Å². The van der Waals surface area contributed by atoms with Gasteiger partial charge in [0.05, 0.1) is 11.0 Å². The molecule has 0 spiro atoms. The van der Waals surface area contributed by atoms with E-state index in [0.29, 0.717) is 0 Å². The lowest BCUT2D eigenvalue weighted by Gasteiger charge is -2.39. The second kappa shape index (κ2) is 14.1. The SMILES string of the molecule is CC(C)(C)c1ccc(N2c3cc(C(C)(C)C)cc4c3B(c3c2oc2c(C(C)(C)C)cc(C(C)(C)C)cc32)n2c3ccc(C(C)(C)C)cc3c3cc5c(c-4c32)c2ccccc2n5-c2ccccc2)cc1. The van der Waals surface area contributed by atoms with Gasteiger partial charge in [-0.1, -0.05) is 171 Å². The van der Waals surface area contributed by atoms with E-state index >= 15 is 0 Å². The molecule has 5 heterocycles. The van der Waals surface area contributed by atoms with Crippen LogP contribution in [0.3, 0.4) is 0 Å². The molecule has 0 aliphatic carbocycles. The monoisotopic (exact) mass is 904 g/mol. The van der Waals surface area contributed by atoms with Crippen molar-refractivity contribution in [3.8, 4) is 16.8 Å². The van der Waals surface area contributed by atoms with Crippen LogP contribution in [-0.2, 0) is 27.1 Å². The minimum Gasteiger partial charge on any atom is -0.440 e. The molecule has 2 aliphatic rings. The molecule has 0 saturated carbocycles. The molecule has 0 N–H and O–H groups in total. The van der Waals surface area contributed by atoms with Crippen molar-refractivity contribution in [2.75, 3.05) is 4.90 Å². The molecule has 10 aromatic rings. The molecule has 0 bridgehead atoms. The minimum atomic E-state index is -0.179. The molecule has 346 valence electrons. The fourth-order valence-corrected chi connectivity index (χ4v) is 11.8. The average Bonchev–Trinajstić information content (AvgIpc) is 3.93. The Bertz CT molecular complexity index is 3790.